The molecule has 1 saturated carbocycles. The molecule has 4 aliphatic rings. The SMILES string of the molecule is O=C(C[C@@H](c1ccccc1)N1C(=O)[C@@H]2[C@H](C1=O)[C@H]1C=C[C@H]2CC1)Nc1cccc([N+](=O)[O-])c1. The van der Waals surface area contributed by atoms with Crippen molar-refractivity contribution in [1.29, 1.82) is 0 Å². The minimum absolute atomic E-state index is 0.0663. The number of nitrogens with one attached hydrogen (secondary N) is 1. The molecule has 2 aromatic carbocycles. The van der Waals surface area contributed by atoms with Crippen LogP contribution in [0.2, 0.25) is 0 Å². The van der Waals surface area contributed by atoms with Gasteiger partial charge in [0.1, 0.15) is 0 Å². The van der Waals surface area contributed by atoms with E-state index < -0.39 is 16.9 Å². The van der Waals surface area contributed by atoms with Crippen molar-refractivity contribution in [3.05, 3.63) is 82.4 Å². The van der Waals surface area contributed by atoms with E-state index in [9.17, 15) is 24.5 Å². The molecule has 0 radical (unpaired) electrons. The van der Waals surface area contributed by atoms with Gasteiger partial charge in [-0.05, 0) is 36.3 Å². The molecule has 1 N–H and O–H groups in total. The third-order valence-electron chi connectivity index (χ3n) is 7.01. The van der Waals surface area contributed by atoms with E-state index >= 15 is 0 Å². The lowest BCUT2D eigenvalue weighted by molar-refractivity contribution is -0.384. The number of carbonyl (C=O) groups excluding carboxylic acids is 3. The number of non-ortho nitro benzene ring substituents is 1. The minimum atomic E-state index is -0.741. The topological polar surface area (TPSA) is 110 Å². The Morgan fingerprint density at radius 1 is 1.00 bits per heavy atom. The lowest BCUT2D eigenvalue weighted by Gasteiger charge is -2.38. The Morgan fingerprint density at radius 3 is 2.21 bits per heavy atom. The van der Waals surface area contributed by atoms with Crippen molar-refractivity contribution in [2.24, 2.45) is 23.7 Å². The number of carbonyl (C=O) groups is 3. The van der Waals surface area contributed by atoms with Crippen LogP contribution in [0.5, 0.6) is 0 Å². The highest BCUT2D eigenvalue weighted by Gasteiger charge is 2.58. The number of hydrogen-bond acceptors (Lipinski definition) is 5. The van der Waals surface area contributed by atoms with Gasteiger partial charge in [0, 0.05) is 17.8 Å². The molecular weight excluding hydrogens is 422 g/mol. The number of anilines is 1. The predicted octanol–water partition coefficient (Wildman–Crippen LogP) is 3.86. The molecule has 6 rings (SSSR count). The highest BCUT2D eigenvalue weighted by molar-refractivity contribution is 6.07. The number of likely N-dealkylation sites (tertiary alicyclic amines) is 1. The van der Waals surface area contributed by atoms with Crippen LogP contribution in [0.25, 0.3) is 0 Å². The maximum absolute atomic E-state index is 13.5. The Morgan fingerprint density at radius 2 is 1.64 bits per heavy atom. The number of amides is 3. The van der Waals surface area contributed by atoms with Gasteiger partial charge in [-0.1, -0.05) is 48.6 Å². The van der Waals surface area contributed by atoms with Gasteiger partial charge in [-0.3, -0.25) is 29.4 Å². The van der Waals surface area contributed by atoms with Crippen LogP contribution in [0, 0.1) is 33.8 Å². The Kier molecular flexibility index (Phi) is 5.28. The summed E-state index contributed by atoms with van der Waals surface area (Å²) in [6, 6.07) is 14.0. The largest absolute Gasteiger partial charge is 0.326 e. The molecule has 168 valence electrons. The number of hydrogen-bond donors (Lipinski definition) is 1. The highest BCUT2D eigenvalue weighted by atomic mass is 16.6. The zero-order chi connectivity index (χ0) is 23.1. The Balaban J connectivity index is 1.42. The molecular formula is C25H23N3O5. The van der Waals surface area contributed by atoms with Gasteiger partial charge in [-0.15, -0.1) is 0 Å². The molecule has 2 bridgehead atoms. The number of rotatable bonds is 6. The van der Waals surface area contributed by atoms with Crippen molar-refractivity contribution in [3.8, 4) is 0 Å². The molecule has 0 spiro atoms. The van der Waals surface area contributed by atoms with Crippen LogP contribution in [0.3, 0.4) is 0 Å². The van der Waals surface area contributed by atoms with Crippen LogP contribution in [0.1, 0.15) is 30.9 Å². The van der Waals surface area contributed by atoms with Gasteiger partial charge in [0.25, 0.3) is 5.69 Å². The summed E-state index contributed by atoms with van der Waals surface area (Å²) in [4.78, 5) is 51.7. The fourth-order valence-electron chi connectivity index (χ4n) is 5.52. The number of allylic oxidation sites excluding steroid dienone is 2. The summed E-state index contributed by atoms with van der Waals surface area (Å²) < 4.78 is 0. The lowest BCUT2D eigenvalue weighted by Crippen LogP contribution is -2.38. The molecule has 1 heterocycles. The van der Waals surface area contributed by atoms with E-state index in [-0.39, 0.29) is 53.3 Å². The maximum atomic E-state index is 13.5. The van der Waals surface area contributed by atoms with Gasteiger partial charge in [0.2, 0.25) is 17.7 Å². The molecule has 0 unspecified atom stereocenters. The number of nitro groups is 1. The average Bonchev–Trinajstić information content (AvgIpc) is 3.11. The quantitative estimate of drug-likeness (QED) is 0.314. The first-order valence-electron chi connectivity index (χ1n) is 11.1. The second kappa shape index (κ2) is 8.27. The van der Waals surface area contributed by atoms with Crippen LogP contribution < -0.4 is 5.32 Å². The highest BCUT2D eigenvalue weighted by Crippen LogP contribution is 2.51. The van der Waals surface area contributed by atoms with E-state index in [2.05, 4.69) is 17.5 Å². The van der Waals surface area contributed by atoms with E-state index in [0.29, 0.717) is 5.56 Å². The molecule has 33 heavy (non-hydrogen) atoms. The molecule has 1 aliphatic heterocycles. The van der Waals surface area contributed by atoms with Crippen molar-refractivity contribution in [2.75, 3.05) is 5.32 Å². The zero-order valence-electron chi connectivity index (χ0n) is 17.8. The molecule has 0 aromatic heterocycles. The molecule has 8 heteroatoms. The van der Waals surface area contributed by atoms with Crippen LogP contribution in [0.15, 0.2) is 66.7 Å². The van der Waals surface area contributed by atoms with Crippen molar-refractivity contribution in [1.82, 2.24) is 4.90 Å². The Bertz CT molecular complexity index is 1130. The third kappa shape index (κ3) is 3.71. The van der Waals surface area contributed by atoms with Gasteiger partial charge in [0.15, 0.2) is 0 Å². The molecule has 3 amide bonds. The van der Waals surface area contributed by atoms with Gasteiger partial charge in [-0.25, -0.2) is 0 Å². The zero-order valence-corrected chi connectivity index (χ0v) is 17.8. The maximum Gasteiger partial charge on any atom is 0.271 e. The van der Waals surface area contributed by atoms with Crippen LogP contribution in [-0.2, 0) is 14.4 Å². The van der Waals surface area contributed by atoms with Crippen LogP contribution >= 0.6 is 0 Å². The normalized spacial score (nSPS) is 26.2. The number of imide groups is 1. The smallest absolute Gasteiger partial charge is 0.271 e. The summed E-state index contributed by atoms with van der Waals surface area (Å²) in [5.74, 6) is -1.42. The summed E-state index contributed by atoms with van der Waals surface area (Å²) in [6.45, 7) is 0. The monoisotopic (exact) mass is 445 g/mol. The molecule has 8 nitrogen and oxygen atoms in total. The number of nitro benzene ring substituents is 1. The Hall–Kier alpha value is -3.81. The summed E-state index contributed by atoms with van der Waals surface area (Å²) in [7, 11) is 0. The molecule has 5 atom stereocenters. The Labute approximate surface area is 190 Å². The number of nitrogens with zero attached hydrogens (tertiary/aromatic N) is 2. The molecule has 2 fully saturated rings. The van der Waals surface area contributed by atoms with Crippen LogP contribution in [0.4, 0.5) is 11.4 Å². The number of benzene rings is 2. The summed E-state index contributed by atoms with van der Waals surface area (Å²) >= 11 is 0. The average molecular weight is 445 g/mol. The lowest BCUT2D eigenvalue weighted by atomic mass is 9.63. The van der Waals surface area contributed by atoms with Gasteiger partial charge in [-0.2, -0.15) is 0 Å². The second-order valence-electron chi connectivity index (χ2n) is 8.87. The minimum Gasteiger partial charge on any atom is -0.326 e. The van der Waals surface area contributed by atoms with Gasteiger partial charge in [0.05, 0.1) is 29.2 Å². The van der Waals surface area contributed by atoms with Gasteiger partial charge >= 0.3 is 0 Å². The molecule has 3 aliphatic carbocycles. The third-order valence-corrected chi connectivity index (χ3v) is 7.01. The van der Waals surface area contributed by atoms with Crippen molar-refractivity contribution < 1.29 is 19.3 Å². The van der Waals surface area contributed by atoms with E-state index in [0.717, 1.165) is 12.8 Å². The van der Waals surface area contributed by atoms with Gasteiger partial charge < -0.3 is 5.32 Å². The van der Waals surface area contributed by atoms with E-state index in [1.165, 1.54) is 23.1 Å². The first-order chi connectivity index (χ1) is 15.9. The predicted molar refractivity (Wildman–Crippen MR) is 120 cm³/mol. The van der Waals surface area contributed by atoms with Crippen LogP contribution in [-0.4, -0.2) is 27.5 Å². The number of fused-ring (bicyclic) bond motifs is 1. The fourth-order valence-corrected chi connectivity index (χ4v) is 5.52. The first-order valence-corrected chi connectivity index (χ1v) is 11.1. The first kappa shape index (κ1) is 21.1. The summed E-state index contributed by atoms with van der Waals surface area (Å²) in [5.41, 5.74) is 0.854. The molecule has 1 saturated heterocycles. The van der Waals surface area contributed by atoms with Crippen molar-refractivity contribution in [3.63, 3.8) is 0 Å². The molecule has 2 aromatic rings. The van der Waals surface area contributed by atoms with E-state index in [4.69, 9.17) is 0 Å². The van der Waals surface area contributed by atoms with Crippen molar-refractivity contribution in [2.45, 2.75) is 25.3 Å². The summed E-state index contributed by atoms with van der Waals surface area (Å²) in [5, 5.41) is 13.7. The van der Waals surface area contributed by atoms with E-state index in [1.807, 2.05) is 18.2 Å². The fraction of sp³-hybridized carbons (Fsp3) is 0.320. The van der Waals surface area contributed by atoms with Crippen molar-refractivity contribution >= 4 is 29.1 Å². The summed E-state index contributed by atoms with van der Waals surface area (Å²) in [6.07, 6.45) is 5.80. The second-order valence-corrected chi connectivity index (χ2v) is 8.87. The standard InChI is InChI=1S/C25H23N3O5/c29-21(26-18-7-4-8-19(13-18)28(32)33)14-20(15-5-2-1-3-6-15)27-24(30)22-16-9-10-17(12-11-16)23(22)25(27)31/h1-10,13,16-17,20,22-23H,11-12,14H2,(H,26,29)/t16-,17-,20-,22-,23+/m0/s1. The van der Waals surface area contributed by atoms with E-state index in [1.54, 1.807) is 18.2 Å².